The molecule has 1 aliphatic carbocycles. The Balaban J connectivity index is 1.99. The van der Waals surface area contributed by atoms with Crippen LogP contribution in [0.4, 0.5) is 5.13 Å². The second kappa shape index (κ2) is 5.90. The molecular formula is C10H12Cl3N3OS. The number of rotatable bonds is 2. The van der Waals surface area contributed by atoms with Gasteiger partial charge >= 0.3 is 0 Å². The number of nitrogens with zero attached hydrogens (tertiary/aromatic N) is 2. The molecule has 0 atom stereocenters. The summed E-state index contributed by atoms with van der Waals surface area (Å²) in [5, 5.41) is 11.8. The van der Waals surface area contributed by atoms with E-state index in [2.05, 4.69) is 15.5 Å². The third kappa shape index (κ3) is 3.70. The average Bonchev–Trinajstić information content (AvgIpc) is 2.77. The first-order chi connectivity index (χ1) is 8.47. The van der Waals surface area contributed by atoms with Crippen molar-refractivity contribution in [3.05, 3.63) is 5.01 Å². The van der Waals surface area contributed by atoms with Gasteiger partial charge < -0.3 is 0 Å². The third-order valence-corrected chi connectivity index (χ3v) is 4.39. The van der Waals surface area contributed by atoms with Crippen molar-refractivity contribution < 1.29 is 4.79 Å². The summed E-state index contributed by atoms with van der Waals surface area (Å²) in [4.78, 5) is 11.5. The molecule has 1 saturated carbocycles. The Morgan fingerprint density at radius 2 is 1.89 bits per heavy atom. The summed E-state index contributed by atoms with van der Waals surface area (Å²) in [5.41, 5.74) is 0. The van der Waals surface area contributed by atoms with E-state index in [0.29, 0.717) is 11.0 Å². The molecular weight excluding hydrogens is 317 g/mol. The third-order valence-electron chi connectivity index (χ3n) is 2.87. The van der Waals surface area contributed by atoms with Gasteiger partial charge in [0.15, 0.2) is 0 Å². The molecule has 1 amide bonds. The lowest BCUT2D eigenvalue weighted by molar-refractivity contribution is -0.115. The monoisotopic (exact) mass is 327 g/mol. The summed E-state index contributed by atoms with van der Waals surface area (Å²) in [7, 11) is 0. The van der Waals surface area contributed by atoms with E-state index in [4.69, 9.17) is 34.8 Å². The molecule has 1 N–H and O–H groups in total. The van der Waals surface area contributed by atoms with Gasteiger partial charge in [0.25, 0.3) is 9.70 Å². The molecule has 0 spiro atoms. The molecule has 2 rings (SSSR count). The first-order valence-electron chi connectivity index (χ1n) is 5.68. The molecule has 1 aliphatic rings. The quantitative estimate of drug-likeness (QED) is 0.838. The van der Waals surface area contributed by atoms with Crippen LogP contribution in [0.15, 0.2) is 0 Å². The van der Waals surface area contributed by atoms with Crippen LogP contribution in [-0.4, -0.2) is 19.9 Å². The molecule has 1 aromatic rings. The summed E-state index contributed by atoms with van der Waals surface area (Å²) in [5.74, 6) is -0.256. The molecule has 0 aliphatic heterocycles. The molecule has 1 fully saturated rings. The number of carbonyl (C=O) groups is 1. The molecule has 1 aromatic heterocycles. The van der Waals surface area contributed by atoms with Crippen molar-refractivity contribution in [1.29, 1.82) is 0 Å². The maximum Gasteiger partial charge on any atom is 0.278 e. The summed E-state index contributed by atoms with van der Waals surface area (Å²) >= 11 is 17.7. The summed E-state index contributed by atoms with van der Waals surface area (Å²) in [6.07, 6.45) is 5.99. The Kier molecular flexibility index (Phi) is 4.69. The fourth-order valence-corrected chi connectivity index (χ4v) is 3.02. The van der Waals surface area contributed by atoms with Crippen LogP contribution in [0.25, 0.3) is 0 Å². The minimum absolute atomic E-state index is 0.381. The Bertz CT molecular complexity index is 426. The van der Waals surface area contributed by atoms with Crippen LogP contribution in [0.5, 0.6) is 0 Å². The summed E-state index contributed by atoms with van der Waals surface area (Å²) in [6.45, 7) is 0. The number of carbonyl (C=O) groups excluding carboxylic acids is 1. The van der Waals surface area contributed by atoms with Gasteiger partial charge in [0.05, 0.1) is 0 Å². The zero-order chi connectivity index (χ0) is 13.2. The van der Waals surface area contributed by atoms with Gasteiger partial charge in [-0.1, -0.05) is 65.4 Å². The smallest absolute Gasteiger partial charge is 0.278 e. The average molecular weight is 329 g/mol. The molecule has 0 aromatic carbocycles. The van der Waals surface area contributed by atoms with Crippen molar-refractivity contribution in [2.45, 2.75) is 41.8 Å². The number of amides is 1. The van der Waals surface area contributed by atoms with Crippen LogP contribution in [0.3, 0.4) is 0 Å². The Hall–Kier alpha value is -0.100. The Morgan fingerprint density at radius 3 is 2.50 bits per heavy atom. The fourth-order valence-electron chi connectivity index (χ4n) is 1.97. The van der Waals surface area contributed by atoms with Crippen molar-refractivity contribution in [3.8, 4) is 0 Å². The topological polar surface area (TPSA) is 54.9 Å². The molecule has 0 bridgehead atoms. The van der Waals surface area contributed by atoms with Crippen LogP contribution in [0.1, 0.15) is 43.0 Å². The van der Waals surface area contributed by atoms with Crippen LogP contribution in [0, 0.1) is 0 Å². The van der Waals surface area contributed by atoms with Gasteiger partial charge in [-0.25, -0.2) is 0 Å². The largest absolute Gasteiger partial charge is 0.297 e. The molecule has 0 saturated heterocycles. The minimum Gasteiger partial charge on any atom is -0.297 e. The van der Waals surface area contributed by atoms with Gasteiger partial charge in [0.2, 0.25) is 5.13 Å². The van der Waals surface area contributed by atoms with Gasteiger partial charge in [-0.3, -0.25) is 10.1 Å². The van der Waals surface area contributed by atoms with Crippen LogP contribution in [-0.2, 0) is 4.79 Å². The zero-order valence-corrected chi connectivity index (χ0v) is 12.5. The number of alkyl halides is 3. The minimum atomic E-state index is -1.98. The second-order valence-electron chi connectivity index (χ2n) is 4.23. The molecule has 100 valence electrons. The molecule has 18 heavy (non-hydrogen) atoms. The highest BCUT2D eigenvalue weighted by Gasteiger charge is 2.31. The lowest BCUT2D eigenvalue weighted by atomic mass is 9.90. The van der Waals surface area contributed by atoms with E-state index in [9.17, 15) is 4.79 Å². The summed E-state index contributed by atoms with van der Waals surface area (Å²) in [6, 6.07) is 0. The lowest BCUT2D eigenvalue weighted by Crippen LogP contribution is -2.26. The normalized spacial score (nSPS) is 17.7. The Labute approximate surface area is 124 Å². The highest BCUT2D eigenvalue weighted by molar-refractivity contribution is 7.15. The maximum atomic E-state index is 11.5. The first-order valence-corrected chi connectivity index (χ1v) is 7.63. The predicted molar refractivity (Wildman–Crippen MR) is 74.7 cm³/mol. The number of hydrogen-bond acceptors (Lipinski definition) is 4. The van der Waals surface area contributed by atoms with Gasteiger partial charge in [-0.15, -0.1) is 10.2 Å². The van der Waals surface area contributed by atoms with Gasteiger partial charge in [-0.2, -0.15) is 0 Å². The van der Waals surface area contributed by atoms with Crippen molar-refractivity contribution in [1.82, 2.24) is 10.2 Å². The summed E-state index contributed by atoms with van der Waals surface area (Å²) < 4.78 is -1.98. The van der Waals surface area contributed by atoms with E-state index in [1.807, 2.05) is 0 Å². The number of anilines is 1. The van der Waals surface area contributed by atoms with Crippen molar-refractivity contribution in [3.63, 3.8) is 0 Å². The van der Waals surface area contributed by atoms with E-state index in [1.54, 1.807) is 0 Å². The highest BCUT2D eigenvalue weighted by Crippen LogP contribution is 2.35. The molecule has 0 unspecified atom stereocenters. The van der Waals surface area contributed by atoms with E-state index in [0.717, 1.165) is 17.8 Å². The Morgan fingerprint density at radius 1 is 1.22 bits per heavy atom. The standard InChI is InChI=1S/C10H12Cl3N3OS/c11-10(12,13)8(17)14-9-16-15-7(18-9)6-4-2-1-3-5-6/h6H,1-5H2,(H,14,16,17). The van der Waals surface area contributed by atoms with Crippen LogP contribution >= 0.6 is 46.1 Å². The zero-order valence-electron chi connectivity index (χ0n) is 9.46. The van der Waals surface area contributed by atoms with E-state index in [1.165, 1.54) is 30.6 Å². The van der Waals surface area contributed by atoms with Crippen LogP contribution in [0.2, 0.25) is 0 Å². The predicted octanol–water partition coefficient (Wildman–Crippen LogP) is 3.89. The first kappa shape index (κ1) is 14.3. The molecule has 4 nitrogen and oxygen atoms in total. The highest BCUT2D eigenvalue weighted by atomic mass is 35.6. The number of nitrogens with one attached hydrogen (secondary N) is 1. The van der Waals surface area contributed by atoms with E-state index >= 15 is 0 Å². The van der Waals surface area contributed by atoms with Gasteiger partial charge in [-0.05, 0) is 12.8 Å². The van der Waals surface area contributed by atoms with Gasteiger partial charge in [0.1, 0.15) is 5.01 Å². The number of halogens is 3. The molecule has 1 heterocycles. The lowest BCUT2D eigenvalue weighted by Gasteiger charge is -2.18. The second-order valence-corrected chi connectivity index (χ2v) is 7.52. The van der Waals surface area contributed by atoms with Crippen LogP contribution < -0.4 is 5.32 Å². The SMILES string of the molecule is O=C(Nc1nnc(C2CCCCC2)s1)C(Cl)(Cl)Cl. The fraction of sp³-hybridized carbons (Fsp3) is 0.700. The number of aromatic nitrogens is 2. The van der Waals surface area contributed by atoms with Crippen molar-refractivity contribution in [2.24, 2.45) is 0 Å². The molecule has 8 heteroatoms. The van der Waals surface area contributed by atoms with Crippen molar-refractivity contribution >= 4 is 57.2 Å². The number of hydrogen-bond donors (Lipinski definition) is 1. The maximum absolute atomic E-state index is 11.5. The molecule has 0 radical (unpaired) electrons. The van der Waals surface area contributed by atoms with E-state index < -0.39 is 9.70 Å². The van der Waals surface area contributed by atoms with E-state index in [-0.39, 0.29) is 0 Å². The van der Waals surface area contributed by atoms with Crippen molar-refractivity contribution in [2.75, 3.05) is 5.32 Å². The van der Waals surface area contributed by atoms with Gasteiger partial charge in [0, 0.05) is 5.92 Å².